The summed E-state index contributed by atoms with van der Waals surface area (Å²) in [6.07, 6.45) is 10.8. The number of rotatable bonds is 20. The first kappa shape index (κ1) is 35.7. The number of ether oxygens (including phenoxy) is 1. The molecular weight excluding hydrogens is 586 g/mol. The molecule has 0 aliphatic rings. The van der Waals surface area contributed by atoms with Crippen LogP contribution in [0.25, 0.3) is 11.0 Å². The number of esters is 1. The van der Waals surface area contributed by atoms with Crippen LogP contribution in [0, 0.1) is 0 Å². The first-order valence-electron chi connectivity index (χ1n) is 17.3. The third kappa shape index (κ3) is 10.2. The smallest absolute Gasteiger partial charge is 0.342 e. The van der Waals surface area contributed by atoms with E-state index in [2.05, 4.69) is 31.8 Å². The molecule has 4 aromatic rings. The van der Waals surface area contributed by atoms with E-state index in [9.17, 15) is 14.7 Å². The second kappa shape index (κ2) is 18.9. The number of aryl methyl sites for hydroxylation is 2. The number of fused-ring (bicyclic) bond motifs is 1. The second-order valence-corrected chi connectivity index (χ2v) is 12.4. The van der Waals surface area contributed by atoms with Gasteiger partial charge in [0.15, 0.2) is 0 Å². The molecule has 0 aliphatic heterocycles. The van der Waals surface area contributed by atoms with Crippen LogP contribution in [0.4, 0.5) is 0 Å². The van der Waals surface area contributed by atoms with Crippen LogP contribution < -0.4 is 5.32 Å². The zero-order valence-corrected chi connectivity index (χ0v) is 28.1. The van der Waals surface area contributed by atoms with Crippen molar-refractivity contribution in [2.75, 3.05) is 13.2 Å². The third-order valence-electron chi connectivity index (χ3n) is 8.65. The van der Waals surface area contributed by atoms with E-state index in [0.29, 0.717) is 37.2 Å². The zero-order valence-electron chi connectivity index (χ0n) is 28.1. The van der Waals surface area contributed by atoms with Crippen LogP contribution in [0.2, 0.25) is 0 Å². The summed E-state index contributed by atoms with van der Waals surface area (Å²) in [4.78, 5) is 27.6. The Kier molecular flexibility index (Phi) is 14.3. The summed E-state index contributed by atoms with van der Waals surface area (Å²) in [5.41, 5.74) is 5.21. The van der Waals surface area contributed by atoms with E-state index in [1.54, 1.807) is 0 Å². The number of hydrogen-bond donors (Lipinski definition) is 2. The molecule has 0 fully saturated rings. The molecule has 47 heavy (non-hydrogen) atoms. The highest BCUT2D eigenvalue weighted by Gasteiger charge is 2.27. The summed E-state index contributed by atoms with van der Waals surface area (Å²) in [5.74, 6) is -0.311. The van der Waals surface area contributed by atoms with Crippen molar-refractivity contribution < 1.29 is 23.8 Å². The van der Waals surface area contributed by atoms with Crippen LogP contribution in [0.15, 0.2) is 89.9 Å². The van der Waals surface area contributed by atoms with Crippen LogP contribution in [0.5, 0.6) is 0 Å². The molecule has 0 saturated heterocycles. The van der Waals surface area contributed by atoms with Gasteiger partial charge in [0.1, 0.15) is 16.9 Å². The Bertz CT molecular complexity index is 1560. The highest BCUT2D eigenvalue weighted by atomic mass is 16.5. The van der Waals surface area contributed by atoms with Gasteiger partial charge in [-0.2, -0.15) is 0 Å². The predicted octanol–water partition coefficient (Wildman–Crippen LogP) is 8.68. The van der Waals surface area contributed by atoms with Crippen molar-refractivity contribution in [3.63, 3.8) is 0 Å². The number of hydrogen-bond acceptors (Lipinski definition) is 5. The average molecular weight is 638 g/mol. The molecule has 4 rings (SSSR count). The van der Waals surface area contributed by atoms with Gasteiger partial charge in [-0.1, -0.05) is 99.5 Å². The molecule has 6 nitrogen and oxygen atoms in total. The van der Waals surface area contributed by atoms with Crippen LogP contribution in [-0.4, -0.2) is 36.2 Å². The van der Waals surface area contributed by atoms with Gasteiger partial charge in [0.2, 0.25) is 5.91 Å². The summed E-state index contributed by atoms with van der Waals surface area (Å²) in [7, 11) is 0. The topological polar surface area (TPSA) is 88.8 Å². The summed E-state index contributed by atoms with van der Waals surface area (Å²) < 4.78 is 12.3. The first-order chi connectivity index (χ1) is 23.0. The Balaban J connectivity index is 1.71. The van der Waals surface area contributed by atoms with Crippen molar-refractivity contribution in [3.8, 4) is 0 Å². The van der Waals surface area contributed by atoms with Crippen LogP contribution >= 0.6 is 0 Å². The van der Waals surface area contributed by atoms with Gasteiger partial charge in [-0.3, -0.25) is 4.79 Å². The fourth-order valence-corrected chi connectivity index (χ4v) is 6.07. The number of carbonyl (C=O) groups excluding carboxylic acids is 2. The van der Waals surface area contributed by atoms with Crippen molar-refractivity contribution in [2.24, 2.45) is 0 Å². The molecule has 1 aromatic heterocycles. The van der Waals surface area contributed by atoms with E-state index in [1.807, 2.05) is 72.8 Å². The van der Waals surface area contributed by atoms with Crippen molar-refractivity contribution in [2.45, 2.75) is 96.4 Å². The second-order valence-electron chi connectivity index (χ2n) is 12.4. The van der Waals surface area contributed by atoms with Gasteiger partial charge in [-0.05, 0) is 79.7 Å². The summed E-state index contributed by atoms with van der Waals surface area (Å²) in [6, 6.07) is 23.4. The number of benzene rings is 3. The molecule has 2 atom stereocenters. The normalized spacial score (nSPS) is 12.5. The van der Waals surface area contributed by atoms with Crippen molar-refractivity contribution in [1.82, 2.24) is 5.32 Å². The van der Waals surface area contributed by atoms with Gasteiger partial charge in [0.25, 0.3) is 0 Å². The largest absolute Gasteiger partial charge is 0.462 e. The lowest BCUT2D eigenvalue weighted by Gasteiger charge is -2.22. The lowest BCUT2D eigenvalue weighted by molar-refractivity contribution is -0.123. The molecular formula is C41H51NO5. The Labute approximate surface area is 280 Å². The summed E-state index contributed by atoms with van der Waals surface area (Å²) >= 11 is 0. The maximum Gasteiger partial charge on any atom is 0.342 e. The highest BCUT2D eigenvalue weighted by molar-refractivity contribution is 6.05. The maximum absolute atomic E-state index is 14.0. The van der Waals surface area contributed by atoms with Crippen molar-refractivity contribution >= 4 is 22.8 Å². The number of nitrogens with one attached hydrogen (secondary N) is 1. The fraction of sp³-hybridized carbons (Fsp3) is 0.415. The molecule has 0 aliphatic carbocycles. The quantitative estimate of drug-likeness (QED) is 0.0575. The number of carbonyl (C=O) groups is 2. The van der Waals surface area contributed by atoms with Crippen molar-refractivity contribution in [3.05, 3.63) is 119 Å². The molecule has 0 spiro atoms. The first-order valence-corrected chi connectivity index (χ1v) is 17.3. The van der Waals surface area contributed by atoms with Gasteiger partial charge in [0.05, 0.1) is 25.2 Å². The number of aliphatic hydroxyl groups excluding tert-OH is 1. The molecule has 1 heterocycles. The Morgan fingerprint density at radius 1 is 0.894 bits per heavy atom. The third-order valence-corrected chi connectivity index (χ3v) is 8.65. The van der Waals surface area contributed by atoms with E-state index in [1.165, 1.54) is 0 Å². The van der Waals surface area contributed by atoms with Crippen LogP contribution in [0.1, 0.15) is 103 Å². The minimum absolute atomic E-state index is 0.142. The SMILES string of the molecule is C=CCCCCOC(=O)c1c(CCCC)oc2c(CCCC)cc(CC(C(=O)N[C@@H](CO)Cc3ccccc3)c3ccccc3)cc12. The Morgan fingerprint density at radius 2 is 1.60 bits per heavy atom. The molecule has 6 heteroatoms. The van der Waals surface area contributed by atoms with E-state index in [0.717, 1.165) is 84.6 Å². The monoisotopic (exact) mass is 637 g/mol. The predicted molar refractivity (Wildman–Crippen MR) is 190 cm³/mol. The molecule has 1 unspecified atom stereocenters. The van der Waals surface area contributed by atoms with Gasteiger partial charge in [0, 0.05) is 11.8 Å². The van der Waals surface area contributed by atoms with Gasteiger partial charge in [-0.25, -0.2) is 4.79 Å². The Hall–Kier alpha value is -4.16. The number of furan rings is 1. The molecule has 0 radical (unpaired) electrons. The molecule has 1 amide bonds. The summed E-state index contributed by atoms with van der Waals surface area (Å²) in [5, 5.41) is 14.1. The Morgan fingerprint density at radius 3 is 2.28 bits per heavy atom. The number of allylic oxidation sites excluding steroid dienone is 1. The maximum atomic E-state index is 14.0. The number of unbranched alkanes of at least 4 members (excludes halogenated alkanes) is 4. The average Bonchev–Trinajstić information content (AvgIpc) is 3.47. The highest BCUT2D eigenvalue weighted by Crippen LogP contribution is 2.34. The number of amides is 1. The zero-order chi connectivity index (χ0) is 33.4. The van der Waals surface area contributed by atoms with Crippen LogP contribution in [-0.2, 0) is 35.2 Å². The van der Waals surface area contributed by atoms with Gasteiger partial charge < -0.3 is 19.6 Å². The molecule has 2 N–H and O–H groups in total. The number of aliphatic hydroxyl groups is 1. The van der Waals surface area contributed by atoms with Crippen molar-refractivity contribution in [1.29, 1.82) is 0 Å². The minimum atomic E-state index is -0.496. The molecule has 0 saturated carbocycles. The van der Waals surface area contributed by atoms with E-state index in [-0.39, 0.29) is 18.5 Å². The molecule has 250 valence electrons. The van der Waals surface area contributed by atoms with Gasteiger partial charge in [-0.15, -0.1) is 6.58 Å². The lowest BCUT2D eigenvalue weighted by atomic mass is 9.88. The van der Waals surface area contributed by atoms with Crippen LogP contribution in [0.3, 0.4) is 0 Å². The molecule has 3 aromatic carbocycles. The lowest BCUT2D eigenvalue weighted by Crippen LogP contribution is -2.42. The standard InChI is InChI=1S/C41H51NO5/c1-4-7-10-17-24-46-41(45)38-36-28-31(25-33(20-8-5-2)39(36)47-37(38)23-9-6-3)27-35(32-21-15-12-16-22-32)40(44)42-34(29-43)26-30-18-13-11-14-19-30/h4,11-16,18-19,21-22,25,28,34-35,43H,1,5-10,17,20,23-24,26-27,29H2,2-3H3,(H,42,44)/t34-,35?/m1/s1. The fourth-order valence-electron chi connectivity index (χ4n) is 6.07. The van der Waals surface area contributed by atoms with E-state index < -0.39 is 12.0 Å². The van der Waals surface area contributed by atoms with Gasteiger partial charge >= 0.3 is 5.97 Å². The van der Waals surface area contributed by atoms with E-state index >= 15 is 0 Å². The summed E-state index contributed by atoms with van der Waals surface area (Å²) in [6.45, 7) is 8.25. The minimum Gasteiger partial charge on any atom is -0.462 e. The van der Waals surface area contributed by atoms with E-state index in [4.69, 9.17) is 9.15 Å². The molecule has 0 bridgehead atoms.